The Bertz CT molecular complexity index is 1320. The second kappa shape index (κ2) is 9.54. The Morgan fingerprint density at radius 2 is 2.17 bits per heavy atom. The Hall–Kier alpha value is -3.46. The minimum absolute atomic E-state index is 0.0300. The fourth-order valence-corrected chi connectivity index (χ4v) is 6.63. The number of fused-ring (bicyclic) bond motifs is 2. The molecule has 3 N–H and O–H groups in total. The molecule has 1 fully saturated rings. The number of aromatic nitrogens is 4. The van der Waals surface area contributed by atoms with Gasteiger partial charge in [0.2, 0.25) is 17.9 Å². The molecular weight excluding hydrogens is 508 g/mol. The van der Waals surface area contributed by atoms with E-state index < -0.39 is 29.2 Å². The minimum atomic E-state index is -1.41. The van der Waals surface area contributed by atoms with Crippen LogP contribution < -0.4 is 20.7 Å². The smallest absolute Gasteiger partial charge is 0.278 e. The van der Waals surface area contributed by atoms with E-state index in [4.69, 9.17) is 10.6 Å². The molecular formula is C21H24N8O5S2. The number of carbonyl (C=O) groups is 3. The van der Waals surface area contributed by atoms with Crippen LogP contribution in [-0.4, -0.2) is 66.6 Å². The van der Waals surface area contributed by atoms with E-state index in [-0.39, 0.29) is 22.4 Å². The topological polar surface area (TPSA) is 172 Å². The van der Waals surface area contributed by atoms with Gasteiger partial charge in [0.25, 0.3) is 11.8 Å². The Morgan fingerprint density at radius 1 is 1.39 bits per heavy atom. The molecule has 4 heterocycles. The zero-order chi connectivity index (χ0) is 25.6. The van der Waals surface area contributed by atoms with E-state index in [2.05, 4.69) is 29.0 Å². The third kappa shape index (κ3) is 4.11. The van der Waals surface area contributed by atoms with Crippen molar-refractivity contribution in [1.82, 2.24) is 24.1 Å². The summed E-state index contributed by atoms with van der Waals surface area (Å²) in [4.78, 5) is 47.9. The highest BCUT2D eigenvalue weighted by atomic mass is 32.2. The van der Waals surface area contributed by atoms with Gasteiger partial charge in [-0.15, -0.1) is 11.8 Å². The number of rotatable bonds is 7. The summed E-state index contributed by atoms with van der Waals surface area (Å²) in [7, 11) is 3.25. The van der Waals surface area contributed by atoms with Gasteiger partial charge in [0, 0.05) is 35.7 Å². The van der Waals surface area contributed by atoms with Gasteiger partial charge in [-0.2, -0.15) is 9.36 Å². The van der Waals surface area contributed by atoms with Crippen molar-refractivity contribution < 1.29 is 28.9 Å². The first-order valence-corrected chi connectivity index (χ1v) is 13.1. The number of nitrogen functional groups attached to an aromatic ring is 1. The van der Waals surface area contributed by atoms with Gasteiger partial charge in [-0.05, 0) is 12.8 Å². The van der Waals surface area contributed by atoms with Crippen molar-refractivity contribution in [2.75, 3.05) is 18.6 Å². The van der Waals surface area contributed by atoms with E-state index in [0.717, 1.165) is 37.2 Å². The van der Waals surface area contributed by atoms with E-state index in [9.17, 15) is 19.5 Å². The van der Waals surface area contributed by atoms with Gasteiger partial charge in [-0.3, -0.25) is 14.5 Å². The molecule has 36 heavy (non-hydrogen) atoms. The number of nitrogens with zero attached hydrogens (tertiary/aromatic N) is 6. The lowest BCUT2D eigenvalue weighted by molar-refractivity contribution is -0.678. The Kier molecular flexibility index (Phi) is 6.42. The molecule has 2 amide bonds. The van der Waals surface area contributed by atoms with Gasteiger partial charge in [-0.25, -0.2) is 9.13 Å². The summed E-state index contributed by atoms with van der Waals surface area (Å²) in [6.45, 7) is 0.356. The molecule has 190 valence electrons. The maximum absolute atomic E-state index is 13.0. The third-order valence-corrected chi connectivity index (χ3v) is 8.32. The number of hydrogen-bond donors (Lipinski definition) is 2. The maximum Gasteiger partial charge on any atom is 0.278 e. The van der Waals surface area contributed by atoms with Gasteiger partial charge < -0.3 is 25.8 Å². The van der Waals surface area contributed by atoms with Gasteiger partial charge >= 0.3 is 0 Å². The molecule has 13 nitrogen and oxygen atoms in total. The molecule has 2 atom stereocenters. The van der Waals surface area contributed by atoms with Crippen LogP contribution in [0.25, 0.3) is 0 Å². The number of oxime groups is 1. The fraction of sp³-hybridized carbons (Fsp3) is 0.476. The lowest BCUT2D eigenvalue weighted by Gasteiger charge is -2.50. The number of imidazole rings is 1. The average molecular weight is 533 g/mol. The molecule has 0 aromatic carbocycles. The SMILES string of the molecule is CO/N=C(\C(=O)N[C@@H]1C(=O)N2C(C(=O)[O-])=C(Cn3c[n+](C)c4c3CCCC4)CS[C@H]12)c1nsc(N)n1. The predicted molar refractivity (Wildman–Crippen MR) is 127 cm³/mol. The summed E-state index contributed by atoms with van der Waals surface area (Å²) in [6, 6.07) is -0.950. The minimum Gasteiger partial charge on any atom is -0.543 e. The molecule has 0 radical (unpaired) electrons. The van der Waals surface area contributed by atoms with Crippen LogP contribution in [-0.2, 0) is 45.7 Å². The Labute approximate surface area is 214 Å². The number of nitrogens with one attached hydrogen (secondary N) is 1. The van der Waals surface area contributed by atoms with Gasteiger partial charge in [0.1, 0.15) is 36.5 Å². The number of aryl methyl sites for hydroxylation is 1. The largest absolute Gasteiger partial charge is 0.543 e. The van der Waals surface area contributed by atoms with Crippen LogP contribution in [0.3, 0.4) is 0 Å². The summed E-state index contributed by atoms with van der Waals surface area (Å²) in [5.41, 5.74) is 8.28. The van der Waals surface area contributed by atoms with Crippen LogP contribution in [0, 0.1) is 0 Å². The molecule has 1 saturated heterocycles. The molecule has 1 aliphatic carbocycles. The highest BCUT2D eigenvalue weighted by Crippen LogP contribution is 2.40. The number of carboxylic acids is 1. The number of amides is 2. The first-order chi connectivity index (χ1) is 17.3. The number of β-lactam (4-membered cyclic amide) rings is 1. The molecule has 5 rings (SSSR count). The fourth-order valence-electron chi connectivity index (χ4n) is 4.86. The molecule has 2 aromatic rings. The molecule has 2 aliphatic heterocycles. The van der Waals surface area contributed by atoms with E-state index >= 15 is 0 Å². The van der Waals surface area contributed by atoms with Crippen molar-refractivity contribution in [2.45, 2.75) is 43.6 Å². The van der Waals surface area contributed by atoms with E-state index in [0.29, 0.717) is 17.9 Å². The molecule has 0 unspecified atom stereocenters. The second-order valence-corrected chi connectivity index (χ2v) is 10.5. The van der Waals surface area contributed by atoms with Gasteiger partial charge in [0.15, 0.2) is 5.13 Å². The molecule has 15 heteroatoms. The second-order valence-electron chi connectivity index (χ2n) is 8.63. The number of carboxylic acid groups (broad SMARTS) is 1. The van der Waals surface area contributed by atoms with E-state index in [1.807, 2.05) is 13.4 Å². The van der Waals surface area contributed by atoms with Crippen LogP contribution in [0.2, 0.25) is 0 Å². The predicted octanol–water partition coefficient (Wildman–Crippen LogP) is -1.92. The zero-order valence-electron chi connectivity index (χ0n) is 19.6. The summed E-state index contributed by atoms with van der Waals surface area (Å²) >= 11 is 2.27. The number of nitrogens with two attached hydrogens (primary N) is 1. The summed E-state index contributed by atoms with van der Waals surface area (Å²) in [5.74, 6) is -2.34. The van der Waals surface area contributed by atoms with Crippen molar-refractivity contribution in [1.29, 1.82) is 0 Å². The van der Waals surface area contributed by atoms with Crippen LogP contribution in [0.5, 0.6) is 0 Å². The first-order valence-electron chi connectivity index (χ1n) is 11.3. The van der Waals surface area contributed by atoms with Crippen LogP contribution in [0.15, 0.2) is 22.8 Å². The monoisotopic (exact) mass is 532 g/mol. The standard InChI is InChI=1S/C21H24N8O5S2/c1-27-9-28(12-6-4-3-5-11(12)27)7-10-8-35-19-14(18(31)29(19)15(10)20(32)33)23-17(30)13(25-34-2)16-24-21(22)36-26-16/h9,14,19H,3-8H2,1-2H3,(H3-,22,23,24,26,30,32,33)/b25-13-/t14-,19-/m1/s1. The zero-order valence-corrected chi connectivity index (χ0v) is 21.2. The lowest BCUT2D eigenvalue weighted by Crippen LogP contribution is -2.71. The van der Waals surface area contributed by atoms with Crippen molar-refractivity contribution in [3.05, 3.63) is 34.8 Å². The number of thioether (sulfide) groups is 1. The molecule has 3 aliphatic rings. The number of aliphatic carboxylic acids is 1. The summed E-state index contributed by atoms with van der Waals surface area (Å²) in [5, 5.41) is 18.0. The molecule has 0 spiro atoms. The van der Waals surface area contributed by atoms with Crippen molar-refractivity contribution in [3.8, 4) is 0 Å². The van der Waals surface area contributed by atoms with Gasteiger partial charge in [-0.1, -0.05) is 5.16 Å². The normalized spacial score (nSPS) is 21.6. The summed E-state index contributed by atoms with van der Waals surface area (Å²) < 4.78 is 8.11. The molecule has 0 bridgehead atoms. The van der Waals surface area contributed by atoms with Crippen molar-refractivity contribution >= 4 is 51.9 Å². The number of anilines is 1. The van der Waals surface area contributed by atoms with Crippen molar-refractivity contribution in [2.24, 2.45) is 12.2 Å². The van der Waals surface area contributed by atoms with E-state index in [1.54, 1.807) is 0 Å². The highest BCUT2D eigenvalue weighted by Gasteiger charge is 2.53. The maximum atomic E-state index is 13.0. The van der Waals surface area contributed by atoms with Crippen LogP contribution in [0.4, 0.5) is 5.13 Å². The summed E-state index contributed by atoms with van der Waals surface area (Å²) in [6.07, 6.45) is 6.12. The Morgan fingerprint density at radius 3 is 2.86 bits per heavy atom. The third-order valence-electron chi connectivity index (χ3n) is 6.43. The number of carbonyl (C=O) groups excluding carboxylic acids is 3. The highest BCUT2D eigenvalue weighted by molar-refractivity contribution is 8.00. The molecule has 2 aromatic heterocycles. The van der Waals surface area contributed by atoms with E-state index in [1.165, 1.54) is 35.2 Å². The lowest BCUT2D eigenvalue weighted by atomic mass is 10.00. The van der Waals surface area contributed by atoms with Crippen LogP contribution >= 0.6 is 23.3 Å². The van der Waals surface area contributed by atoms with Gasteiger partial charge in [0.05, 0.1) is 18.7 Å². The average Bonchev–Trinajstić information content (AvgIpc) is 3.43. The number of hydrogen-bond acceptors (Lipinski definition) is 11. The quantitative estimate of drug-likeness (QED) is 0.178. The first kappa shape index (κ1) is 24.2. The van der Waals surface area contributed by atoms with Crippen molar-refractivity contribution in [3.63, 3.8) is 0 Å². The van der Waals surface area contributed by atoms with Crippen LogP contribution in [0.1, 0.15) is 30.1 Å². The molecule has 0 saturated carbocycles. The Balaban J connectivity index is 1.36.